The number of carbonyl (C=O) groups excluding carboxylic acids is 1. The van der Waals surface area contributed by atoms with Crippen LogP contribution in [-0.2, 0) is 38.3 Å². The van der Waals surface area contributed by atoms with Gasteiger partial charge in [-0.3, -0.25) is 9.35 Å². The van der Waals surface area contributed by atoms with Crippen LogP contribution in [0.2, 0.25) is 0 Å². The number of aliphatic hydroxyl groups excluding tert-OH is 3. The summed E-state index contributed by atoms with van der Waals surface area (Å²) in [6, 6.07) is 0. The molecular formula is C37H72O12S. The van der Waals surface area contributed by atoms with Crippen LogP contribution in [0.5, 0.6) is 0 Å². The van der Waals surface area contributed by atoms with Crippen molar-refractivity contribution in [1.29, 1.82) is 0 Å². The number of carbonyl (C=O) groups is 1. The lowest BCUT2D eigenvalue weighted by molar-refractivity contribution is -0.301. The van der Waals surface area contributed by atoms with Crippen LogP contribution in [0.3, 0.4) is 0 Å². The fourth-order valence-corrected chi connectivity index (χ4v) is 6.71. The van der Waals surface area contributed by atoms with Crippen LogP contribution in [0.15, 0.2) is 0 Å². The molecule has 0 aromatic heterocycles. The lowest BCUT2D eigenvalue weighted by Crippen LogP contribution is -2.60. The van der Waals surface area contributed by atoms with E-state index in [0.717, 1.165) is 38.5 Å². The molecule has 1 fully saturated rings. The van der Waals surface area contributed by atoms with Crippen molar-refractivity contribution in [2.45, 2.75) is 205 Å². The van der Waals surface area contributed by atoms with E-state index in [1.807, 2.05) is 0 Å². The summed E-state index contributed by atoms with van der Waals surface area (Å²) in [7, 11) is -5.05. The highest BCUT2D eigenvalue weighted by atomic mass is 32.3. The molecule has 0 saturated carbocycles. The van der Waals surface area contributed by atoms with Crippen LogP contribution < -0.4 is 0 Å². The number of unbranched alkanes of at least 4 members (excludes halogenated alkanes) is 21. The molecule has 6 atom stereocenters. The lowest BCUT2D eigenvalue weighted by Gasteiger charge is -2.41. The van der Waals surface area contributed by atoms with Crippen molar-refractivity contribution in [3.05, 3.63) is 0 Å². The van der Waals surface area contributed by atoms with E-state index in [-0.39, 0.29) is 19.6 Å². The third-order valence-corrected chi connectivity index (χ3v) is 9.69. The molecule has 1 saturated heterocycles. The molecule has 13 heteroatoms. The van der Waals surface area contributed by atoms with Crippen LogP contribution in [0.1, 0.15) is 168 Å². The highest BCUT2D eigenvalue weighted by Gasteiger charge is 2.48. The fourth-order valence-electron chi connectivity index (χ4n) is 6.20. The first-order valence-electron chi connectivity index (χ1n) is 19.8. The van der Waals surface area contributed by atoms with Gasteiger partial charge in [0, 0.05) is 13.0 Å². The van der Waals surface area contributed by atoms with Gasteiger partial charge in [-0.1, -0.05) is 149 Å². The Bertz CT molecular complexity index is 905. The van der Waals surface area contributed by atoms with Gasteiger partial charge in [0.25, 0.3) is 0 Å². The maximum absolute atomic E-state index is 12.7. The molecular weight excluding hydrogens is 668 g/mol. The molecule has 1 heterocycles. The van der Waals surface area contributed by atoms with E-state index < -0.39 is 59.8 Å². The molecule has 0 aliphatic carbocycles. The first-order valence-corrected chi connectivity index (χ1v) is 21.2. The quantitative estimate of drug-likeness (QED) is 0.0303. The molecule has 0 spiro atoms. The number of ether oxygens (including phenoxy) is 4. The Morgan fingerprint density at radius 2 is 1.14 bits per heavy atom. The molecule has 0 aromatic rings. The van der Waals surface area contributed by atoms with Crippen molar-refractivity contribution in [2.24, 2.45) is 0 Å². The topological polar surface area (TPSA) is 178 Å². The van der Waals surface area contributed by atoms with Gasteiger partial charge < -0.3 is 34.3 Å². The largest absolute Gasteiger partial charge is 0.457 e. The van der Waals surface area contributed by atoms with Gasteiger partial charge in [0.2, 0.25) is 0 Å². The number of aliphatic hydroxyl groups is 3. The average molecular weight is 741 g/mol. The second kappa shape index (κ2) is 30.6. The smallest absolute Gasteiger partial charge is 0.397 e. The Balaban J connectivity index is 2.48. The first kappa shape index (κ1) is 47.1. The molecule has 0 radical (unpaired) electrons. The van der Waals surface area contributed by atoms with Gasteiger partial charge in [-0.15, -0.1) is 0 Å². The van der Waals surface area contributed by atoms with Gasteiger partial charge in [0.05, 0.1) is 19.8 Å². The zero-order valence-corrected chi connectivity index (χ0v) is 32.0. The van der Waals surface area contributed by atoms with Gasteiger partial charge in [-0.05, 0) is 12.8 Å². The zero-order valence-electron chi connectivity index (χ0n) is 31.2. The summed E-state index contributed by atoms with van der Waals surface area (Å²) in [5.74, 6) is -0.398. The predicted molar refractivity (Wildman–Crippen MR) is 193 cm³/mol. The van der Waals surface area contributed by atoms with Crippen LogP contribution in [0, 0.1) is 0 Å². The Hall–Kier alpha value is -0.900. The molecule has 12 nitrogen and oxygen atoms in total. The number of esters is 1. The standard InChI is InChI=1S/C37H72O12S/c1-3-5-7-9-11-13-14-15-16-17-18-20-22-24-26-33(39)47-31(29-45-27-25-23-21-19-12-10-8-6-4-2)30-46-37-35(41)36(49-50(42,43)44)34(40)32(28-38)48-37/h31-32,34-38,40-41H,3-30H2,1-2H3,(H,42,43,44). The molecule has 50 heavy (non-hydrogen) atoms. The maximum Gasteiger partial charge on any atom is 0.397 e. The third kappa shape index (κ3) is 24.4. The van der Waals surface area contributed by atoms with Gasteiger partial charge in [-0.2, -0.15) is 8.42 Å². The van der Waals surface area contributed by atoms with E-state index in [1.54, 1.807) is 0 Å². The van der Waals surface area contributed by atoms with E-state index in [2.05, 4.69) is 18.0 Å². The van der Waals surface area contributed by atoms with E-state index in [0.29, 0.717) is 13.0 Å². The van der Waals surface area contributed by atoms with E-state index >= 15 is 0 Å². The fraction of sp³-hybridized carbons (Fsp3) is 0.973. The monoisotopic (exact) mass is 740 g/mol. The predicted octanol–water partition coefficient (Wildman–Crippen LogP) is 6.96. The average Bonchev–Trinajstić information content (AvgIpc) is 3.08. The number of rotatable bonds is 34. The van der Waals surface area contributed by atoms with Crippen LogP contribution >= 0.6 is 0 Å². The normalized spacial score (nSPS) is 21.8. The summed E-state index contributed by atoms with van der Waals surface area (Å²) in [5, 5.41) is 30.5. The minimum Gasteiger partial charge on any atom is -0.457 e. The number of hydrogen-bond donors (Lipinski definition) is 4. The van der Waals surface area contributed by atoms with Crippen LogP contribution in [0.4, 0.5) is 0 Å². The zero-order chi connectivity index (χ0) is 36.9. The summed E-state index contributed by atoms with van der Waals surface area (Å²) < 4.78 is 58.7. The van der Waals surface area contributed by atoms with E-state index in [1.165, 1.54) is 103 Å². The van der Waals surface area contributed by atoms with Gasteiger partial charge in [0.15, 0.2) is 6.29 Å². The molecule has 1 aliphatic heterocycles. The molecule has 6 unspecified atom stereocenters. The van der Waals surface area contributed by atoms with Crippen molar-refractivity contribution >= 4 is 16.4 Å². The van der Waals surface area contributed by atoms with Gasteiger partial charge in [-0.25, -0.2) is 4.18 Å². The highest BCUT2D eigenvalue weighted by Crippen LogP contribution is 2.26. The first-order chi connectivity index (χ1) is 24.1. The van der Waals surface area contributed by atoms with Crippen LogP contribution in [0.25, 0.3) is 0 Å². The van der Waals surface area contributed by atoms with Gasteiger partial charge >= 0.3 is 16.4 Å². The van der Waals surface area contributed by atoms with Crippen LogP contribution in [-0.4, -0.2) is 97.5 Å². The number of hydrogen-bond acceptors (Lipinski definition) is 11. The Kier molecular flexibility index (Phi) is 28.8. The summed E-state index contributed by atoms with van der Waals surface area (Å²) in [4.78, 5) is 12.7. The molecule has 4 N–H and O–H groups in total. The van der Waals surface area contributed by atoms with Crippen molar-refractivity contribution in [3.8, 4) is 0 Å². The summed E-state index contributed by atoms with van der Waals surface area (Å²) in [5.41, 5.74) is 0. The minimum atomic E-state index is -5.05. The molecule has 0 amide bonds. The van der Waals surface area contributed by atoms with E-state index in [4.69, 9.17) is 23.5 Å². The Morgan fingerprint density at radius 1 is 0.680 bits per heavy atom. The van der Waals surface area contributed by atoms with Crippen molar-refractivity contribution in [3.63, 3.8) is 0 Å². The summed E-state index contributed by atoms with van der Waals surface area (Å²) in [6.45, 7) is 3.97. The van der Waals surface area contributed by atoms with Crippen molar-refractivity contribution < 1.29 is 56.2 Å². The Labute approximate surface area is 303 Å². The summed E-state index contributed by atoms with van der Waals surface area (Å²) >= 11 is 0. The minimum absolute atomic E-state index is 0.0430. The second-order valence-corrected chi connectivity index (χ2v) is 14.9. The Morgan fingerprint density at radius 3 is 1.60 bits per heavy atom. The third-order valence-electron chi connectivity index (χ3n) is 9.23. The van der Waals surface area contributed by atoms with E-state index in [9.17, 15) is 28.5 Å². The maximum atomic E-state index is 12.7. The second-order valence-electron chi connectivity index (χ2n) is 13.9. The van der Waals surface area contributed by atoms with Gasteiger partial charge in [0.1, 0.15) is 30.5 Å². The molecule has 298 valence electrons. The lowest BCUT2D eigenvalue weighted by atomic mass is 9.99. The van der Waals surface area contributed by atoms with Crippen molar-refractivity contribution in [2.75, 3.05) is 26.4 Å². The SMILES string of the molecule is CCCCCCCCCCCCCCCCC(=O)OC(COCCCCCCCCCCC)COC1OC(CO)C(O)C(OS(=O)(=O)O)C1O. The molecule has 0 bridgehead atoms. The van der Waals surface area contributed by atoms with Crippen molar-refractivity contribution in [1.82, 2.24) is 0 Å². The highest BCUT2D eigenvalue weighted by molar-refractivity contribution is 7.80. The molecule has 1 rings (SSSR count). The molecule has 1 aliphatic rings. The summed E-state index contributed by atoms with van der Waals surface area (Å²) in [6.07, 6.45) is 18.6. The molecule has 0 aromatic carbocycles.